The van der Waals surface area contributed by atoms with Gasteiger partial charge in [-0.25, -0.2) is 0 Å². The zero-order valence-corrected chi connectivity index (χ0v) is 27.4. The van der Waals surface area contributed by atoms with Gasteiger partial charge in [0.15, 0.2) is 11.6 Å². The minimum Gasteiger partial charge on any atom is -0.465 e. The van der Waals surface area contributed by atoms with Gasteiger partial charge in [0.1, 0.15) is 19.2 Å². The Labute approximate surface area is 263 Å². The Hall–Kier alpha value is -2.96. The fourth-order valence-corrected chi connectivity index (χ4v) is 10.6. The molecule has 0 radical (unpaired) electrons. The standard InChI is InChI=1S/C35H45F3N2O5/c1-20(41)45-19-31(5)24-8-9-32(6)25(30(24,4)15-21(17-39)27(31)43)14-23(42)26-22-16-29(2,3)10-12-34(22,13-11-33(26,32)7)28(44)40-18-35(36,37)38/h14-15,22,24,26H,8-13,16,18-19H2,1-7H3,(H,40,44)/t22-,24+,26-,30-,31-,32+,33+,34-/m0/s1. The van der Waals surface area contributed by atoms with Crippen molar-refractivity contribution < 1.29 is 37.1 Å². The highest BCUT2D eigenvalue weighted by Gasteiger charge is 2.71. The van der Waals surface area contributed by atoms with Crippen molar-refractivity contribution in [1.29, 1.82) is 5.26 Å². The van der Waals surface area contributed by atoms with E-state index in [1.165, 1.54) is 6.92 Å². The molecule has 7 nitrogen and oxygen atoms in total. The van der Waals surface area contributed by atoms with Gasteiger partial charge in [-0.3, -0.25) is 19.2 Å². The van der Waals surface area contributed by atoms with E-state index in [-0.39, 0.29) is 35.1 Å². The Kier molecular flexibility index (Phi) is 7.62. The average molecular weight is 631 g/mol. The number of nitrogens with zero attached hydrogens (tertiary/aromatic N) is 1. The predicted octanol–water partition coefficient (Wildman–Crippen LogP) is 6.43. The van der Waals surface area contributed by atoms with Crippen molar-refractivity contribution in [1.82, 2.24) is 5.32 Å². The van der Waals surface area contributed by atoms with Crippen molar-refractivity contribution in [3.63, 3.8) is 0 Å². The number of carbonyl (C=O) groups is 4. The van der Waals surface area contributed by atoms with E-state index in [0.29, 0.717) is 44.9 Å². The SMILES string of the molecule is CC(=O)OC[C@]1(C)C(=O)C(C#N)=C[C@]2(C)C3=CC(=O)[C@@H]4[C@@H]5CC(C)(C)CC[C@]5(C(=O)NCC(F)(F)F)CC[C@@]4(C)[C@]3(C)CC[C@H]21. The van der Waals surface area contributed by atoms with Crippen molar-refractivity contribution in [2.24, 2.45) is 50.2 Å². The number of nitriles is 1. The lowest BCUT2D eigenvalue weighted by atomic mass is 9.34. The van der Waals surface area contributed by atoms with Crippen LogP contribution >= 0.6 is 0 Å². The third-order valence-electron chi connectivity index (χ3n) is 13.2. The molecule has 0 aromatic heterocycles. The van der Waals surface area contributed by atoms with Gasteiger partial charge in [0.2, 0.25) is 5.91 Å². The summed E-state index contributed by atoms with van der Waals surface area (Å²) in [7, 11) is 0. The van der Waals surface area contributed by atoms with Crippen LogP contribution in [0.3, 0.4) is 0 Å². The van der Waals surface area contributed by atoms with Crippen LogP contribution in [0.5, 0.6) is 0 Å². The topological polar surface area (TPSA) is 113 Å². The molecule has 0 bridgehead atoms. The van der Waals surface area contributed by atoms with Crippen LogP contribution in [0, 0.1) is 61.6 Å². The molecule has 10 heteroatoms. The Morgan fingerprint density at radius 1 is 1.04 bits per heavy atom. The molecule has 5 aliphatic carbocycles. The minimum atomic E-state index is -4.54. The molecule has 246 valence electrons. The first-order chi connectivity index (χ1) is 20.6. The van der Waals surface area contributed by atoms with Crippen LogP contribution in [0.2, 0.25) is 0 Å². The van der Waals surface area contributed by atoms with Crippen LogP contribution in [0.25, 0.3) is 0 Å². The number of rotatable bonds is 4. The highest BCUT2D eigenvalue weighted by molar-refractivity contribution is 6.05. The number of nitrogens with one attached hydrogen (secondary N) is 1. The number of alkyl halides is 3. The molecule has 0 aliphatic heterocycles. The largest absolute Gasteiger partial charge is 0.465 e. The molecular weight excluding hydrogens is 585 g/mol. The summed E-state index contributed by atoms with van der Waals surface area (Å²) in [6, 6.07) is 2.06. The quantitative estimate of drug-likeness (QED) is 0.359. The summed E-state index contributed by atoms with van der Waals surface area (Å²) in [6.07, 6.45) is 2.55. The number of allylic oxidation sites excluding steroid dienone is 4. The fourth-order valence-electron chi connectivity index (χ4n) is 10.6. The third kappa shape index (κ3) is 4.81. The molecule has 0 heterocycles. The Balaban J connectivity index is 1.64. The highest BCUT2D eigenvalue weighted by Crippen LogP contribution is 2.74. The molecule has 8 atom stereocenters. The predicted molar refractivity (Wildman–Crippen MR) is 159 cm³/mol. The van der Waals surface area contributed by atoms with Crippen LogP contribution in [0.4, 0.5) is 13.2 Å². The van der Waals surface area contributed by atoms with Crippen molar-refractivity contribution in [2.45, 2.75) is 99.6 Å². The number of esters is 1. The molecule has 0 saturated heterocycles. The van der Waals surface area contributed by atoms with Gasteiger partial charge in [0.25, 0.3) is 0 Å². The summed E-state index contributed by atoms with van der Waals surface area (Å²) < 4.78 is 45.0. The van der Waals surface area contributed by atoms with Crippen LogP contribution in [0.15, 0.2) is 23.3 Å². The van der Waals surface area contributed by atoms with Crippen LogP contribution < -0.4 is 5.32 Å². The van der Waals surface area contributed by atoms with Crippen LogP contribution in [-0.2, 0) is 23.9 Å². The monoisotopic (exact) mass is 630 g/mol. The number of halogens is 3. The Morgan fingerprint density at radius 2 is 1.69 bits per heavy atom. The second kappa shape index (κ2) is 10.3. The van der Waals surface area contributed by atoms with E-state index in [2.05, 4.69) is 39.1 Å². The summed E-state index contributed by atoms with van der Waals surface area (Å²) in [4.78, 5) is 53.8. The lowest BCUT2D eigenvalue weighted by Gasteiger charge is -2.69. The van der Waals surface area contributed by atoms with Gasteiger partial charge in [-0.15, -0.1) is 0 Å². The van der Waals surface area contributed by atoms with E-state index in [1.807, 2.05) is 6.92 Å². The Bertz CT molecular complexity index is 1460. The molecule has 0 aromatic rings. The zero-order chi connectivity index (χ0) is 33.6. The lowest BCUT2D eigenvalue weighted by molar-refractivity contribution is -0.182. The molecule has 1 N–H and O–H groups in total. The van der Waals surface area contributed by atoms with E-state index in [0.717, 1.165) is 5.57 Å². The number of hydrogen-bond donors (Lipinski definition) is 1. The number of ether oxygens (including phenoxy) is 1. The van der Waals surface area contributed by atoms with Gasteiger partial charge in [-0.05, 0) is 86.0 Å². The minimum absolute atomic E-state index is 0.0219. The average Bonchev–Trinajstić information content (AvgIpc) is 2.93. The van der Waals surface area contributed by atoms with E-state index in [4.69, 9.17) is 4.74 Å². The second-order valence-corrected chi connectivity index (χ2v) is 16.2. The molecule has 45 heavy (non-hydrogen) atoms. The van der Waals surface area contributed by atoms with Crippen LogP contribution in [0.1, 0.15) is 93.4 Å². The molecule has 0 spiro atoms. The van der Waals surface area contributed by atoms with Crippen molar-refractivity contribution in [2.75, 3.05) is 13.2 Å². The first-order valence-corrected chi connectivity index (χ1v) is 16.0. The number of ketones is 2. The molecule has 5 aliphatic rings. The smallest absolute Gasteiger partial charge is 0.405 e. The molecule has 0 aromatic carbocycles. The summed E-state index contributed by atoms with van der Waals surface area (Å²) in [5.41, 5.74) is -3.67. The van der Waals surface area contributed by atoms with Gasteiger partial charge >= 0.3 is 12.1 Å². The number of hydrogen-bond acceptors (Lipinski definition) is 6. The zero-order valence-electron chi connectivity index (χ0n) is 27.4. The highest BCUT2D eigenvalue weighted by atomic mass is 19.4. The number of carbonyl (C=O) groups excluding carboxylic acids is 4. The van der Waals surface area contributed by atoms with Gasteiger partial charge in [-0.2, -0.15) is 18.4 Å². The van der Waals surface area contributed by atoms with Gasteiger partial charge in [0.05, 0.1) is 16.4 Å². The van der Waals surface area contributed by atoms with Crippen LogP contribution in [-0.4, -0.2) is 42.8 Å². The number of amides is 1. The normalized spacial score (nSPS) is 42.0. The maximum atomic E-state index is 14.6. The lowest BCUT2D eigenvalue weighted by Crippen LogP contribution is -2.67. The summed E-state index contributed by atoms with van der Waals surface area (Å²) in [5.74, 6) is -3.01. The summed E-state index contributed by atoms with van der Waals surface area (Å²) >= 11 is 0. The third-order valence-corrected chi connectivity index (χ3v) is 13.2. The van der Waals surface area contributed by atoms with Gasteiger partial charge in [0, 0.05) is 18.3 Å². The van der Waals surface area contributed by atoms with E-state index in [1.54, 1.807) is 19.1 Å². The van der Waals surface area contributed by atoms with E-state index >= 15 is 0 Å². The molecule has 3 saturated carbocycles. The summed E-state index contributed by atoms with van der Waals surface area (Å²) in [6.45, 7) is 11.8. The molecule has 1 amide bonds. The molecular formula is C35H45F3N2O5. The molecule has 3 fully saturated rings. The molecule has 0 unspecified atom stereocenters. The van der Waals surface area contributed by atoms with Crippen molar-refractivity contribution in [3.05, 3.63) is 23.3 Å². The Morgan fingerprint density at radius 3 is 2.29 bits per heavy atom. The van der Waals surface area contributed by atoms with Gasteiger partial charge in [-0.1, -0.05) is 46.3 Å². The molecule has 5 rings (SSSR count). The first kappa shape index (κ1) is 33.4. The van der Waals surface area contributed by atoms with Crippen molar-refractivity contribution in [3.8, 4) is 6.07 Å². The number of fused-ring (bicyclic) bond motifs is 7. The second-order valence-electron chi connectivity index (χ2n) is 16.2. The first-order valence-electron chi connectivity index (χ1n) is 16.0. The maximum Gasteiger partial charge on any atom is 0.405 e. The van der Waals surface area contributed by atoms with E-state index in [9.17, 15) is 37.6 Å². The summed E-state index contributed by atoms with van der Waals surface area (Å²) in [5, 5.41) is 12.2. The van der Waals surface area contributed by atoms with E-state index < -0.39 is 63.5 Å². The van der Waals surface area contributed by atoms with Crippen molar-refractivity contribution >= 4 is 23.4 Å². The van der Waals surface area contributed by atoms with Gasteiger partial charge < -0.3 is 10.1 Å². The maximum absolute atomic E-state index is 14.6. The fraction of sp³-hybridized carbons (Fsp3) is 0.743. The number of Topliss-reactive ketones (excluding diaryl/α,β-unsaturated/α-hetero) is 1.